The van der Waals surface area contributed by atoms with Crippen LogP contribution in [0.1, 0.15) is 21.5 Å². The van der Waals surface area contributed by atoms with Gasteiger partial charge in [-0.1, -0.05) is 48.5 Å². The first-order valence-electron chi connectivity index (χ1n) is 13.6. The van der Waals surface area contributed by atoms with Gasteiger partial charge in [-0.2, -0.15) is 13.2 Å². The Balaban J connectivity index is 1.43. The summed E-state index contributed by atoms with van der Waals surface area (Å²) in [4.78, 5) is 17.3. The molecule has 0 bridgehead atoms. The van der Waals surface area contributed by atoms with E-state index in [4.69, 9.17) is 4.74 Å². The largest absolute Gasteiger partial charge is 0.497 e. The number of carbonyl (C=O) groups is 1. The van der Waals surface area contributed by atoms with Crippen molar-refractivity contribution in [1.29, 1.82) is 0 Å². The number of benzene rings is 4. The van der Waals surface area contributed by atoms with Crippen molar-refractivity contribution >= 4 is 27.3 Å². The number of halogens is 3. The van der Waals surface area contributed by atoms with Crippen LogP contribution in [0.3, 0.4) is 0 Å². The summed E-state index contributed by atoms with van der Waals surface area (Å²) in [7, 11) is -2.63. The van der Waals surface area contributed by atoms with Crippen LogP contribution in [-0.2, 0) is 22.7 Å². The standard InChI is InChI=1S/C32H30F3N3O4S/c1-42-27-14-16-28(17-15-27)43(40,41)38(23-24-8-3-2-4-9-24)30-13-6-5-12-29(30)31(39)37-20-18-36(19-21-37)26-11-7-10-25(22-26)32(33,34)35/h2-17,22H,18-21,23H2,1H3. The molecule has 11 heteroatoms. The van der Waals surface area contributed by atoms with Crippen LogP contribution >= 0.6 is 0 Å². The highest BCUT2D eigenvalue weighted by atomic mass is 32.2. The summed E-state index contributed by atoms with van der Waals surface area (Å²) < 4.78 is 74.2. The van der Waals surface area contributed by atoms with Crippen LogP contribution in [0.2, 0.25) is 0 Å². The van der Waals surface area contributed by atoms with Gasteiger partial charge in [0.2, 0.25) is 0 Å². The molecule has 1 aliphatic heterocycles. The van der Waals surface area contributed by atoms with E-state index >= 15 is 0 Å². The second-order valence-corrected chi connectivity index (χ2v) is 11.9. The number of amides is 1. The van der Waals surface area contributed by atoms with Gasteiger partial charge in [-0.05, 0) is 60.2 Å². The lowest BCUT2D eigenvalue weighted by molar-refractivity contribution is -0.137. The number of nitrogens with zero attached hydrogens (tertiary/aromatic N) is 3. The molecule has 0 radical (unpaired) electrons. The van der Waals surface area contributed by atoms with E-state index in [0.29, 0.717) is 24.5 Å². The van der Waals surface area contributed by atoms with Gasteiger partial charge >= 0.3 is 6.18 Å². The third-order valence-electron chi connectivity index (χ3n) is 7.33. The van der Waals surface area contributed by atoms with E-state index in [9.17, 15) is 26.4 Å². The SMILES string of the molecule is COc1ccc(S(=O)(=O)N(Cc2ccccc2)c2ccccc2C(=O)N2CCN(c3cccc(C(F)(F)F)c3)CC2)cc1. The molecular formula is C32H30F3N3O4S. The number of methoxy groups -OCH3 is 1. The fourth-order valence-corrected chi connectivity index (χ4v) is 6.48. The molecule has 0 saturated carbocycles. The van der Waals surface area contributed by atoms with Crippen LogP contribution in [0.25, 0.3) is 0 Å². The molecule has 0 spiro atoms. The number of anilines is 2. The molecule has 1 amide bonds. The van der Waals surface area contributed by atoms with Crippen LogP contribution in [0.5, 0.6) is 5.75 Å². The van der Waals surface area contributed by atoms with Crippen molar-refractivity contribution in [3.8, 4) is 5.75 Å². The second kappa shape index (κ2) is 12.4. The third kappa shape index (κ3) is 6.61. The number of piperazine rings is 1. The monoisotopic (exact) mass is 609 g/mol. The van der Waals surface area contributed by atoms with Crippen molar-refractivity contribution in [1.82, 2.24) is 4.90 Å². The zero-order chi connectivity index (χ0) is 30.6. The molecule has 4 aromatic rings. The maximum absolute atomic E-state index is 14.1. The Kier molecular flexibility index (Phi) is 8.63. The van der Waals surface area contributed by atoms with E-state index in [1.807, 2.05) is 30.3 Å². The highest BCUT2D eigenvalue weighted by molar-refractivity contribution is 7.92. The minimum Gasteiger partial charge on any atom is -0.497 e. The van der Waals surface area contributed by atoms with Crippen LogP contribution in [0, 0.1) is 0 Å². The first-order chi connectivity index (χ1) is 20.6. The van der Waals surface area contributed by atoms with Gasteiger partial charge in [0.15, 0.2) is 0 Å². The summed E-state index contributed by atoms with van der Waals surface area (Å²) in [6.45, 7) is 1.16. The van der Waals surface area contributed by atoms with E-state index in [1.54, 1.807) is 52.3 Å². The maximum atomic E-state index is 14.1. The van der Waals surface area contributed by atoms with Crippen LogP contribution < -0.4 is 13.9 Å². The molecule has 0 atom stereocenters. The van der Waals surface area contributed by atoms with Crippen LogP contribution in [-0.4, -0.2) is 52.5 Å². The summed E-state index contributed by atoms with van der Waals surface area (Å²) in [5.74, 6) is 0.149. The highest BCUT2D eigenvalue weighted by Gasteiger charge is 2.33. The average molecular weight is 610 g/mol. The molecule has 224 valence electrons. The van der Waals surface area contributed by atoms with Crippen molar-refractivity contribution in [2.75, 3.05) is 42.5 Å². The number of carbonyl (C=O) groups excluding carboxylic acids is 1. The van der Waals surface area contributed by atoms with Crippen LogP contribution in [0.15, 0.2) is 108 Å². The number of sulfonamides is 1. The predicted octanol–water partition coefficient (Wildman–Crippen LogP) is 6.07. The summed E-state index contributed by atoms with van der Waals surface area (Å²) in [6.07, 6.45) is -4.45. The van der Waals surface area contributed by atoms with Gasteiger partial charge < -0.3 is 14.5 Å². The van der Waals surface area contributed by atoms with E-state index < -0.39 is 21.8 Å². The molecule has 0 unspecified atom stereocenters. The summed E-state index contributed by atoms with van der Waals surface area (Å²) in [5.41, 5.74) is 0.878. The summed E-state index contributed by atoms with van der Waals surface area (Å²) >= 11 is 0. The quantitative estimate of drug-likeness (QED) is 0.243. The number of rotatable bonds is 8. The van der Waals surface area contributed by atoms with E-state index in [0.717, 1.165) is 17.7 Å². The molecule has 43 heavy (non-hydrogen) atoms. The van der Waals surface area contributed by atoms with Gasteiger partial charge in [0.25, 0.3) is 15.9 Å². The Labute approximate surface area is 248 Å². The van der Waals surface area contributed by atoms with Crippen molar-refractivity contribution in [3.63, 3.8) is 0 Å². The van der Waals surface area contributed by atoms with Crippen molar-refractivity contribution in [2.45, 2.75) is 17.6 Å². The second-order valence-electron chi connectivity index (χ2n) is 10.0. The van der Waals surface area contributed by atoms with Crippen molar-refractivity contribution < 1.29 is 31.1 Å². The molecule has 5 rings (SSSR count). The lowest BCUT2D eigenvalue weighted by Gasteiger charge is -2.37. The molecule has 0 aromatic heterocycles. The minimum atomic E-state index is -4.45. The van der Waals surface area contributed by atoms with Gasteiger partial charge in [-0.25, -0.2) is 8.42 Å². The Morgan fingerprint density at radius 1 is 0.837 bits per heavy atom. The highest BCUT2D eigenvalue weighted by Crippen LogP contribution is 2.33. The number of hydrogen-bond acceptors (Lipinski definition) is 5. The number of hydrogen-bond donors (Lipinski definition) is 0. The first kappa shape index (κ1) is 30.0. The number of alkyl halides is 3. The van der Waals surface area contributed by atoms with Gasteiger partial charge in [-0.15, -0.1) is 0 Å². The number of ether oxygens (including phenoxy) is 1. The van der Waals surface area contributed by atoms with Gasteiger partial charge in [0.1, 0.15) is 5.75 Å². The topological polar surface area (TPSA) is 70.2 Å². The Morgan fingerprint density at radius 2 is 1.49 bits per heavy atom. The zero-order valence-electron chi connectivity index (χ0n) is 23.4. The van der Waals surface area contributed by atoms with Gasteiger partial charge in [-0.3, -0.25) is 9.10 Å². The maximum Gasteiger partial charge on any atom is 0.416 e. The molecule has 1 saturated heterocycles. The molecule has 1 heterocycles. The minimum absolute atomic E-state index is 0.0111. The lowest BCUT2D eigenvalue weighted by Crippen LogP contribution is -2.49. The summed E-state index contributed by atoms with van der Waals surface area (Å²) in [5, 5.41) is 0. The van der Waals surface area contributed by atoms with E-state index in [2.05, 4.69) is 0 Å². The van der Waals surface area contributed by atoms with E-state index in [-0.39, 0.29) is 41.7 Å². The van der Waals surface area contributed by atoms with Crippen molar-refractivity contribution in [2.24, 2.45) is 0 Å². The third-order valence-corrected chi connectivity index (χ3v) is 9.10. The fourth-order valence-electron chi connectivity index (χ4n) is 5.01. The molecule has 1 fully saturated rings. The zero-order valence-corrected chi connectivity index (χ0v) is 24.2. The predicted molar refractivity (Wildman–Crippen MR) is 159 cm³/mol. The first-order valence-corrected chi connectivity index (χ1v) is 15.0. The molecule has 0 N–H and O–H groups in total. The normalized spacial score (nSPS) is 14.0. The Morgan fingerprint density at radius 3 is 2.14 bits per heavy atom. The average Bonchev–Trinajstić information content (AvgIpc) is 3.03. The van der Waals surface area contributed by atoms with Crippen LogP contribution in [0.4, 0.5) is 24.5 Å². The Bertz CT molecular complexity index is 1670. The molecule has 7 nitrogen and oxygen atoms in total. The molecular weight excluding hydrogens is 579 g/mol. The molecule has 1 aliphatic rings. The lowest BCUT2D eigenvalue weighted by atomic mass is 10.1. The van der Waals surface area contributed by atoms with Gasteiger partial charge in [0, 0.05) is 31.9 Å². The smallest absolute Gasteiger partial charge is 0.416 e. The van der Waals surface area contributed by atoms with Gasteiger partial charge in [0.05, 0.1) is 35.4 Å². The fraction of sp³-hybridized carbons (Fsp3) is 0.219. The van der Waals surface area contributed by atoms with Crippen molar-refractivity contribution in [3.05, 3.63) is 120 Å². The summed E-state index contributed by atoms with van der Waals surface area (Å²) in [6, 6.07) is 26.8. The van der Waals surface area contributed by atoms with E-state index in [1.165, 1.54) is 29.6 Å². The Hall–Kier alpha value is -4.51. The molecule has 4 aromatic carbocycles. The number of para-hydroxylation sites is 1. The molecule has 0 aliphatic carbocycles.